The van der Waals surface area contributed by atoms with Gasteiger partial charge in [-0.15, -0.1) is 0 Å². The fourth-order valence-electron chi connectivity index (χ4n) is 2.07. The summed E-state index contributed by atoms with van der Waals surface area (Å²) in [6.45, 7) is 8.65. The Morgan fingerprint density at radius 3 is 2.38 bits per heavy atom. The first-order valence-electron chi connectivity index (χ1n) is 5.31. The lowest BCUT2D eigenvalue weighted by Gasteiger charge is -2.37. The van der Waals surface area contributed by atoms with Crippen LogP contribution in [0.2, 0.25) is 0 Å². The number of hydrogen-bond donors (Lipinski definition) is 0. The van der Waals surface area contributed by atoms with Crippen LogP contribution in [0.25, 0.3) is 0 Å². The molecule has 2 unspecified atom stereocenters. The molecule has 0 amide bonds. The Morgan fingerprint density at radius 1 is 1.46 bits per heavy atom. The summed E-state index contributed by atoms with van der Waals surface area (Å²) in [6.07, 6.45) is 3.60. The molecule has 0 aromatic rings. The van der Waals surface area contributed by atoms with Crippen molar-refractivity contribution in [2.75, 3.05) is 13.1 Å². The summed E-state index contributed by atoms with van der Waals surface area (Å²) >= 11 is 0. The van der Waals surface area contributed by atoms with Crippen LogP contribution in [-0.4, -0.2) is 23.5 Å². The molecule has 1 aliphatic rings. The minimum atomic E-state index is -0.231. The Hall–Kier alpha value is -0.550. The molecule has 2 heteroatoms. The van der Waals surface area contributed by atoms with Crippen molar-refractivity contribution in [1.29, 1.82) is 5.26 Å². The van der Waals surface area contributed by atoms with Gasteiger partial charge in [-0.3, -0.25) is 4.90 Å². The number of hydrogen-bond acceptors (Lipinski definition) is 2. The summed E-state index contributed by atoms with van der Waals surface area (Å²) in [5.41, 5.74) is -0.231. The topological polar surface area (TPSA) is 27.0 Å². The lowest BCUT2D eigenvalue weighted by molar-refractivity contribution is 0.129. The second kappa shape index (κ2) is 4.11. The van der Waals surface area contributed by atoms with Crippen molar-refractivity contribution in [3.8, 4) is 6.07 Å². The predicted octanol–water partition coefficient (Wildman–Crippen LogP) is 2.41. The average Bonchev–Trinajstić information content (AvgIpc) is 2.68. The summed E-state index contributed by atoms with van der Waals surface area (Å²) in [7, 11) is 0. The maximum atomic E-state index is 9.26. The summed E-state index contributed by atoms with van der Waals surface area (Å²) in [5, 5.41) is 9.26. The minimum Gasteiger partial charge on any atom is -0.286 e. The number of rotatable bonds is 3. The molecule has 1 saturated heterocycles. The number of likely N-dealkylation sites (tertiary alicyclic amines) is 1. The summed E-state index contributed by atoms with van der Waals surface area (Å²) in [4.78, 5) is 2.35. The van der Waals surface area contributed by atoms with Gasteiger partial charge in [0.2, 0.25) is 0 Å². The zero-order chi connectivity index (χ0) is 9.90. The molecule has 0 aromatic heterocycles. The highest BCUT2D eigenvalue weighted by molar-refractivity contribution is 5.08. The molecule has 1 heterocycles. The third-order valence-corrected chi connectivity index (χ3v) is 3.56. The molecule has 0 saturated carbocycles. The van der Waals surface area contributed by atoms with Gasteiger partial charge < -0.3 is 0 Å². The Kier molecular flexibility index (Phi) is 3.33. The van der Waals surface area contributed by atoms with E-state index in [-0.39, 0.29) is 5.54 Å². The van der Waals surface area contributed by atoms with Crippen molar-refractivity contribution in [2.45, 2.75) is 45.6 Å². The van der Waals surface area contributed by atoms with E-state index in [1.807, 2.05) is 0 Å². The van der Waals surface area contributed by atoms with Gasteiger partial charge in [0.05, 0.1) is 6.07 Å². The monoisotopic (exact) mass is 180 g/mol. The van der Waals surface area contributed by atoms with E-state index >= 15 is 0 Å². The molecule has 0 aliphatic carbocycles. The molecule has 1 fully saturated rings. The molecule has 2 nitrogen and oxygen atoms in total. The van der Waals surface area contributed by atoms with E-state index in [2.05, 4.69) is 31.7 Å². The molecule has 1 rings (SSSR count). The first-order valence-corrected chi connectivity index (χ1v) is 5.31. The van der Waals surface area contributed by atoms with Gasteiger partial charge in [0, 0.05) is 0 Å². The Morgan fingerprint density at radius 2 is 2.00 bits per heavy atom. The Balaban J connectivity index is 2.74. The van der Waals surface area contributed by atoms with Crippen LogP contribution in [-0.2, 0) is 0 Å². The van der Waals surface area contributed by atoms with Gasteiger partial charge in [-0.1, -0.05) is 20.3 Å². The van der Waals surface area contributed by atoms with Crippen LogP contribution in [0.15, 0.2) is 0 Å². The highest BCUT2D eigenvalue weighted by Crippen LogP contribution is 2.29. The van der Waals surface area contributed by atoms with Gasteiger partial charge in [-0.05, 0) is 38.8 Å². The standard InChI is InChI=1S/C11H20N2/c1-4-10(2)11(3,9-12)13-7-5-6-8-13/h10H,4-8H2,1-3H3. The molecule has 0 radical (unpaired) electrons. The van der Waals surface area contributed by atoms with Gasteiger partial charge in [-0.25, -0.2) is 0 Å². The summed E-state index contributed by atoms with van der Waals surface area (Å²) < 4.78 is 0. The molecule has 2 atom stereocenters. The Bertz CT molecular complexity index is 201. The van der Waals surface area contributed by atoms with Crippen LogP contribution >= 0.6 is 0 Å². The van der Waals surface area contributed by atoms with E-state index in [0.717, 1.165) is 19.5 Å². The van der Waals surface area contributed by atoms with Crippen molar-refractivity contribution in [3.63, 3.8) is 0 Å². The van der Waals surface area contributed by atoms with Crippen LogP contribution in [0, 0.1) is 17.2 Å². The average molecular weight is 180 g/mol. The van der Waals surface area contributed by atoms with E-state index in [1.54, 1.807) is 0 Å². The van der Waals surface area contributed by atoms with Crippen LogP contribution in [0.1, 0.15) is 40.0 Å². The van der Waals surface area contributed by atoms with Crippen molar-refractivity contribution >= 4 is 0 Å². The lowest BCUT2D eigenvalue weighted by atomic mass is 9.85. The van der Waals surface area contributed by atoms with Gasteiger partial charge in [0.1, 0.15) is 5.54 Å². The zero-order valence-corrected chi connectivity index (χ0v) is 9.01. The molecule has 0 bridgehead atoms. The van der Waals surface area contributed by atoms with Crippen molar-refractivity contribution < 1.29 is 0 Å². The van der Waals surface area contributed by atoms with Crippen LogP contribution in [0.4, 0.5) is 0 Å². The smallest absolute Gasteiger partial charge is 0.108 e. The SMILES string of the molecule is CCC(C)C(C)(C#N)N1CCCC1. The van der Waals surface area contributed by atoms with Crippen molar-refractivity contribution in [2.24, 2.45) is 5.92 Å². The highest BCUT2D eigenvalue weighted by atomic mass is 15.2. The Labute approximate surface area is 81.5 Å². The van der Waals surface area contributed by atoms with E-state index in [9.17, 15) is 5.26 Å². The first-order chi connectivity index (χ1) is 6.15. The van der Waals surface area contributed by atoms with Gasteiger partial charge in [0.25, 0.3) is 0 Å². The maximum Gasteiger partial charge on any atom is 0.108 e. The predicted molar refractivity (Wildman–Crippen MR) is 54.3 cm³/mol. The van der Waals surface area contributed by atoms with Crippen LogP contribution < -0.4 is 0 Å². The van der Waals surface area contributed by atoms with Gasteiger partial charge in [-0.2, -0.15) is 5.26 Å². The highest BCUT2D eigenvalue weighted by Gasteiger charge is 2.37. The molecule has 13 heavy (non-hydrogen) atoms. The van der Waals surface area contributed by atoms with E-state index in [4.69, 9.17) is 0 Å². The first kappa shape index (κ1) is 10.5. The molecule has 0 spiro atoms. The number of nitriles is 1. The third kappa shape index (κ3) is 1.86. The summed E-state index contributed by atoms with van der Waals surface area (Å²) in [6, 6.07) is 2.50. The fraction of sp³-hybridized carbons (Fsp3) is 0.909. The quantitative estimate of drug-likeness (QED) is 0.667. The minimum absolute atomic E-state index is 0.231. The second-order valence-corrected chi connectivity index (χ2v) is 4.26. The molecular formula is C11H20N2. The van der Waals surface area contributed by atoms with Crippen molar-refractivity contribution in [1.82, 2.24) is 4.90 Å². The third-order valence-electron chi connectivity index (χ3n) is 3.56. The largest absolute Gasteiger partial charge is 0.286 e. The molecule has 0 N–H and O–H groups in total. The van der Waals surface area contributed by atoms with E-state index < -0.39 is 0 Å². The van der Waals surface area contributed by atoms with Crippen LogP contribution in [0.5, 0.6) is 0 Å². The fourth-order valence-corrected chi connectivity index (χ4v) is 2.07. The van der Waals surface area contributed by atoms with Crippen molar-refractivity contribution in [3.05, 3.63) is 0 Å². The molecular weight excluding hydrogens is 160 g/mol. The molecule has 74 valence electrons. The second-order valence-electron chi connectivity index (χ2n) is 4.26. The lowest BCUT2D eigenvalue weighted by Crippen LogP contribution is -2.48. The van der Waals surface area contributed by atoms with Crippen LogP contribution in [0.3, 0.4) is 0 Å². The normalized spacial score (nSPS) is 25.1. The maximum absolute atomic E-state index is 9.26. The van der Waals surface area contributed by atoms with E-state index in [0.29, 0.717) is 5.92 Å². The molecule has 0 aromatic carbocycles. The molecule has 1 aliphatic heterocycles. The number of nitrogens with zero attached hydrogens (tertiary/aromatic N) is 2. The van der Waals surface area contributed by atoms with Gasteiger partial charge in [0.15, 0.2) is 0 Å². The van der Waals surface area contributed by atoms with E-state index in [1.165, 1.54) is 12.8 Å². The summed E-state index contributed by atoms with van der Waals surface area (Å²) in [5.74, 6) is 0.468. The zero-order valence-electron chi connectivity index (χ0n) is 9.01. The van der Waals surface area contributed by atoms with Gasteiger partial charge >= 0.3 is 0 Å².